The maximum absolute atomic E-state index is 13.2. The first-order valence-electron chi connectivity index (χ1n) is 10.7. The Morgan fingerprint density at radius 3 is 2.62 bits per heavy atom. The number of furan rings is 1. The predicted molar refractivity (Wildman–Crippen MR) is 118 cm³/mol. The second-order valence-electron chi connectivity index (χ2n) is 7.90. The molecule has 0 radical (unpaired) electrons. The summed E-state index contributed by atoms with van der Waals surface area (Å²) in [4.78, 5) is 13.2. The van der Waals surface area contributed by atoms with Crippen molar-refractivity contribution in [3.05, 3.63) is 58.8 Å². The first-order chi connectivity index (χ1) is 14.1. The number of nitrogens with zero attached hydrogens (tertiary/aromatic N) is 3. The van der Waals surface area contributed by atoms with Crippen LogP contribution in [-0.4, -0.2) is 14.3 Å². The van der Waals surface area contributed by atoms with Crippen LogP contribution in [0.25, 0.3) is 27.6 Å². The van der Waals surface area contributed by atoms with Crippen molar-refractivity contribution < 1.29 is 4.42 Å². The Labute approximate surface area is 170 Å². The Hall–Kier alpha value is -2.82. The van der Waals surface area contributed by atoms with Crippen LogP contribution in [-0.2, 0) is 0 Å². The lowest BCUT2D eigenvalue weighted by Gasteiger charge is -2.12. The average Bonchev–Trinajstić information content (AvgIpc) is 3.34. The van der Waals surface area contributed by atoms with Gasteiger partial charge in [0.1, 0.15) is 11.3 Å². The van der Waals surface area contributed by atoms with Crippen LogP contribution in [0, 0.1) is 0 Å². The highest BCUT2D eigenvalue weighted by Crippen LogP contribution is 2.28. The minimum Gasteiger partial charge on any atom is -0.461 e. The number of aromatic nitrogens is 3. The number of hydrogen-bond donors (Lipinski definition) is 0. The van der Waals surface area contributed by atoms with Crippen molar-refractivity contribution in [1.82, 2.24) is 14.3 Å². The van der Waals surface area contributed by atoms with Gasteiger partial charge < -0.3 is 4.42 Å². The van der Waals surface area contributed by atoms with Crippen LogP contribution in [0.15, 0.2) is 51.9 Å². The fourth-order valence-electron chi connectivity index (χ4n) is 4.23. The molecule has 1 unspecified atom stereocenters. The number of pyridine rings is 1. The predicted octanol–water partition coefficient (Wildman–Crippen LogP) is 6.20. The molecule has 152 valence electrons. The second kappa shape index (κ2) is 7.90. The molecule has 0 spiro atoms. The molecule has 1 aromatic carbocycles. The summed E-state index contributed by atoms with van der Waals surface area (Å²) in [5, 5.41) is 6.26. The first-order valence-corrected chi connectivity index (χ1v) is 10.7. The van der Waals surface area contributed by atoms with Gasteiger partial charge in [0.05, 0.1) is 17.1 Å². The van der Waals surface area contributed by atoms with Crippen molar-refractivity contribution in [2.45, 2.75) is 65.3 Å². The van der Waals surface area contributed by atoms with Crippen LogP contribution < -0.4 is 5.56 Å². The quantitative estimate of drug-likeness (QED) is 0.377. The molecule has 29 heavy (non-hydrogen) atoms. The molecule has 3 aromatic heterocycles. The molecule has 4 rings (SSSR count). The highest BCUT2D eigenvalue weighted by molar-refractivity contribution is 5.82. The lowest BCUT2D eigenvalue weighted by molar-refractivity contribution is 0.468. The lowest BCUT2D eigenvalue weighted by Crippen LogP contribution is -2.16. The first kappa shape index (κ1) is 19.5. The smallest absolute Gasteiger partial charge is 0.266 e. The minimum atomic E-state index is -0.0467. The molecule has 5 heteroatoms. The van der Waals surface area contributed by atoms with E-state index in [1.54, 1.807) is 10.8 Å². The van der Waals surface area contributed by atoms with E-state index in [1.807, 2.05) is 30.5 Å². The summed E-state index contributed by atoms with van der Waals surface area (Å²) in [6, 6.07) is 10.3. The summed E-state index contributed by atoms with van der Waals surface area (Å²) in [6.07, 6.45) is 7.91. The van der Waals surface area contributed by atoms with E-state index < -0.39 is 0 Å². The van der Waals surface area contributed by atoms with Crippen molar-refractivity contribution in [1.29, 1.82) is 0 Å². The minimum absolute atomic E-state index is 0.0467. The zero-order chi connectivity index (χ0) is 20.5. The molecule has 5 nitrogen and oxygen atoms in total. The molecule has 0 aliphatic heterocycles. The van der Waals surface area contributed by atoms with Gasteiger partial charge in [0.15, 0.2) is 0 Å². The Morgan fingerprint density at radius 2 is 1.90 bits per heavy atom. The molecule has 0 bridgehead atoms. The van der Waals surface area contributed by atoms with Gasteiger partial charge in [0, 0.05) is 29.2 Å². The second-order valence-corrected chi connectivity index (χ2v) is 7.90. The highest BCUT2D eigenvalue weighted by Gasteiger charge is 2.16. The van der Waals surface area contributed by atoms with Crippen LogP contribution in [0.4, 0.5) is 0 Å². The van der Waals surface area contributed by atoms with Gasteiger partial charge in [-0.05, 0) is 56.5 Å². The van der Waals surface area contributed by atoms with Gasteiger partial charge in [-0.3, -0.25) is 14.0 Å². The van der Waals surface area contributed by atoms with Gasteiger partial charge in [0.25, 0.3) is 5.56 Å². The average molecular weight is 392 g/mol. The van der Waals surface area contributed by atoms with Crippen molar-refractivity contribution in [2.24, 2.45) is 0 Å². The molecule has 0 saturated heterocycles. The summed E-state index contributed by atoms with van der Waals surface area (Å²) in [6.45, 7) is 8.68. The van der Waals surface area contributed by atoms with Gasteiger partial charge in [0.2, 0.25) is 0 Å². The Kier molecular flexibility index (Phi) is 5.31. The van der Waals surface area contributed by atoms with Crippen molar-refractivity contribution >= 4 is 21.9 Å². The van der Waals surface area contributed by atoms with E-state index in [0.29, 0.717) is 22.9 Å². The molecule has 0 fully saturated rings. The molecule has 0 aliphatic rings. The largest absolute Gasteiger partial charge is 0.461 e. The standard InChI is InChI=1S/C24H29N3O2/c1-5-8-16(4)27-21-10-9-19(13-18(21)15-25-27)26-12-11-22-20(24(26)28)14-23(29-22)17(6-2)7-3/h9-17H,5-8H2,1-4H3. The number of rotatable bonds is 7. The Bertz CT molecular complexity index is 1190. The van der Waals surface area contributed by atoms with Crippen LogP contribution >= 0.6 is 0 Å². The van der Waals surface area contributed by atoms with E-state index in [1.165, 1.54) is 0 Å². The Balaban J connectivity index is 1.77. The van der Waals surface area contributed by atoms with Gasteiger partial charge in [-0.25, -0.2) is 0 Å². The molecule has 1 atom stereocenters. The number of hydrogen-bond acceptors (Lipinski definition) is 3. The van der Waals surface area contributed by atoms with E-state index in [0.717, 1.165) is 48.0 Å². The third kappa shape index (κ3) is 3.39. The fourth-order valence-corrected chi connectivity index (χ4v) is 4.23. The van der Waals surface area contributed by atoms with Gasteiger partial charge in [-0.15, -0.1) is 0 Å². The molecule has 0 N–H and O–H groups in total. The molecule has 4 aromatic rings. The number of fused-ring (bicyclic) bond motifs is 2. The van der Waals surface area contributed by atoms with E-state index in [4.69, 9.17) is 4.42 Å². The Morgan fingerprint density at radius 1 is 1.10 bits per heavy atom. The van der Waals surface area contributed by atoms with Crippen molar-refractivity contribution in [2.75, 3.05) is 0 Å². The zero-order valence-corrected chi connectivity index (χ0v) is 17.7. The molecular formula is C24H29N3O2. The van der Waals surface area contributed by atoms with E-state index >= 15 is 0 Å². The molecule has 3 heterocycles. The van der Waals surface area contributed by atoms with Crippen LogP contribution in [0.2, 0.25) is 0 Å². The normalized spacial score (nSPS) is 13.0. The van der Waals surface area contributed by atoms with Crippen LogP contribution in [0.3, 0.4) is 0 Å². The molecule has 0 aliphatic carbocycles. The van der Waals surface area contributed by atoms with Crippen LogP contribution in [0.5, 0.6) is 0 Å². The molecule has 0 saturated carbocycles. The van der Waals surface area contributed by atoms with Gasteiger partial charge in [-0.1, -0.05) is 27.2 Å². The molecule has 0 amide bonds. The summed E-state index contributed by atoms with van der Waals surface area (Å²) in [7, 11) is 0. The van der Waals surface area contributed by atoms with E-state index in [2.05, 4.69) is 43.5 Å². The third-order valence-electron chi connectivity index (χ3n) is 5.97. The SMILES string of the molecule is CCCC(C)n1ncc2cc(-n3ccc4oc(C(CC)CC)cc4c3=O)ccc21. The summed E-state index contributed by atoms with van der Waals surface area (Å²) in [5.74, 6) is 1.25. The summed E-state index contributed by atoms with van der Waals surface area (Å²) >= 11 is 0. The maximum atomic E-state index is 13.2. The summed E-state index contributed by atoms with van der Waals surface area (Å²) < 4.78 is 9.75. The number of benzene rings is 1. The maximum Gasteiger partial charge on any atom is 0.266 e. The monoisotopic (exact) mass is 391 g/mol. The summed E-state index contributed by atoms with van der Waals surface area (Å²) in [5.41, 5.74) is 2.56. The lowest BCUT2D eigenvalue weighted by atomic mass is 10.0. The topological polar surface area (TPSA) is 53.0 Å². The van der Waals surface area contributed by atoms with Crippen molar-refractivity contribution in [3.63, 3.8) is 0 Å². The third-order valence-corrected chi connectivity index (χ3v) is 5.97. The fraction of sp³-hybridized carbons (Fsp3) is 0.417. The zero-order valence-electron chi connectivity index (χ0n) is 17.7. The van der Waals surface area contributed by atoms with Crippen molar-refractivity contribution in [3.8, 4) is 5.69 Å². The van der Waals surface area contributed by atoms with Gasteiger partial charge in [-0.2, -0.15) is 5.10 Å². The van der Waals surface area contributed by atoms with E-state index in [9.17, 15) is 4.79 Å². The molecular weight excluding hydrogens is 362 g/mol. The van der Waals surface area contributed by atoms with Gasteiger partial charge >= 0.3 is 0 Å². The van der Waals surface area contributed by atoms with E-state index in [-0.39, 0.29) is 5.56 Å². The van der Waals surface area contributed by atoms with Crippen LogP contribution in [0.1, 0.15) is 71.1 Å². The highest BCUT2D eigenvalue weighted by atomic mass is 16.3.